The topological polar surface area (TPSA) is 110 Å². The number of sulfonamides is 1. The number of piperazine rings is 1. The summed E-state index contributed by atoms with van der Waals surface area (Å²) in [6, 6.07) is 6.74. The fourth-order valence-corrected chi connectivity index (χ4v) is 4.09. The first kappa shape index (κ1) is 17.2. The van der Waals surface area contributed by atoms with E-state index in [1.54, 1.807) is 19.2 Å². The van der Waals surface area contributed by atoms with Gasteiger partial charge < -0.3 is 4.90 Å². The minimum absolute atomic E-state index is 0.0597. The minimum atomic E-state index is -3.67. The summed E-state index contributed by atoms with van der Waals surface area (Å²) in [5.41, 5.74) is -0.136. The standard InChI is InChI=1S/C15H17N5O4S/c1-12-16-7-6-15(17-12)18-8-10-19(11-9-18)25(23,24)14-4-2-13(3-5-14)20(21)22/h2-7H,8-11H2,1H3. The highest BCUT2D eigenvalue weighted by Gasteiger charge is 2.29. The second-order valence-electron chi connectivity index (χ2n) is 5.60. The summed E-state index contributed by atoms with van der Waals surface area (Å²) in [7, 11) is -3.67. The number of aryl methyl sites for hydroxylation is 1. The number of aromatic nitrogens is 2. The van der Waals surface area contributed by atoms with E-state index in [4.69, 9.17) is 0 Å². The van der Waals surface area contributed by atoms with Crippen LogP contribution in [-0.2, 0) is 10.0 Å². The van der Waals surface area contributed by atoms with Crippen LogP contribution in [0.25, 0.3) is 0 Å². The third kappa shape index (κ3) is 3.59. The van der Waals surface area contributed by atoms with Crippen LogP contribution in [0, 0.1) is 17.0 Å². The SMILES string of the molecule is Cc1nccc(N2CCN(S(=O)(=O)c3ccc([N+](=O)[O-])cc3)CC2)n1. The van der Waals surface area contributed by atoms with E-state index in [1.165, 1.54) is 28.6 Å². The molecule has 1 aliphatic rings. The van der Waals surface area contributed by atoms with Gasteiger partial charge in [-0.1, -0.05) is 0 Å². The van der Waals surface area contributed by atoms with Crippen LogP contribution in [0.1, 0.15) is 5.82 Å². The number of hydrogen-bond acceptors (Lipinski definition) is 7. The lowest BCUT2D eigenvalue weighted by atomic mass is 10.3. The van der Waals surface area contributed by atoms with Crippen molar-refractivity contribution in [3.05, 3.63) is 52.5 Å². The van der Waals surface area contributed by atoms with E-state index < -0.39 is 14.9 Å². The molecular weight excluding hydrogens is 346 g/mol. The third-order valence-corrected chi connectivity index (χ3v) is 5.92. The maximum Gasteiger partial charge on any atom is 0.269 e. The Balaban J connectivity index is 1.72. The molecule has 1 aromatic heterocycles. The second kappa shape index (κ2) is 6.73. The van der Waals surface area contributed by atoms with Gasteiger partial charge in [0.2, 0.25) is 10.0 Å². The van der Waals surface area contributed by atoms with E-state index >= 15 is 0 Å². The summed E-state index contributed by atoms with van der Waals surface area (Å²) >= 11 is 0. The second-order valence-corrected chi connectivity index (χ2v) is 7.54. The van der Waals surface area contributed by atoms with E-state index in [0.29, 0.717) is 32.0 Å². The first-order valence-corrected chi connectivity index (χ1v) is 9.11. The number of nitro groups is 1. The fraction of sp³-hybridized carbons (Fsp3) is 0.333. The number of benzene rings is 1. The van der Waals surface area contributed by atoms with Gasteiger partial charge in [-0.25, -0.2) is 18.4 Å². The van der Waals surface area contributed by atoms with Gasteiger partial charge in [-0.15, -0.1) is 0 Å². The molecule has 25 heavy (non-hydrogen) atoms. The van der Waals surface area contributed by atoms with Gasteiger partial charge in [0.05, 0.1) is 9.82 Å². The Hall–Kier alpha value is -2.59. The Kier molecular flexibility index (Phi) is 4.64. The minimum Gasteiger partial charge on any atom is -0.354 e. The van der Waals surface area contributed by atoms with Gasteiger partial charge in [-0.2, -0.15) is 4.31 Å². The summed E-state index contributed by atoms with van der Waals surface area (Å²) in [5, 5.41) is 10.7. The lowest BCUT2D eigenvalue weighted by Crippen LogP contribution is -2.48. The summed E-state index contributed by atoms with van der Waals surface area (Å²) in [6.07, 6.45) is 1.68. The number of hydrogen-bond donors (Lipinski definition) is 0. The van der Waals surface area contributed by atoms with E-state index in [1.807, 2.05) is 4.90 Å². The predicted molar refractivity (Wildman–Crippen MR) is 90.8 cm³/mol. The van der Waals surface area contributed by atoms with Crippen LogP contribution >= 0.6 is 0 Å². The molecular formula is C15H17N5O4S. The zero-order chi connectivity index (χ0) is 18.0. The normalized spacial score (nSPS) is 16.0. The highest BCUT2D eigenvalue weighted by molar-refractivity contribution is 7.89. The van der Waals surface area contributed by atoms with Crippen LogP contribution in [0.4, 0.5) is 11.5 Å². The van der Waals surface area contributed by atoms with Crippen molar-refractivity contribution in [2.24, 2.45) is 0 Å². The molecule has 2 heterocycles. The summed E-state index contributed by atoms with van der Waals surface area (Å²) in [6.45, 7) is 3.48. The van der Waals surface area contributed by atoms with Crippen molar-refractivity contribution in [2.75, 3.05) is 31.1 Å². The Bertz CT molecular complexity index is 877. The van der Waals surface area contributed by atoms with E-state index in [9.17, 15) is 18.5 Å². The van der Waals surface area contributed by atoms with E-state index in [2.05, 4.69) is 9.97 Å². The van der Waals surface area contributed by atoms with Crippen LogP contribution < -0.4 is 4.90 Å². The summed E-state index contributed by atoms with van der Waals surface area (Å²) < 4.78 is 26.7. The molecule has 0 spiro atoms. The van der Waals surface area contributed by atoms with Gasteiger partial charge in [0.25, 0.3) is 5.69 Å². The van der Waals surface area contributed by atoms with Gasteiger partial charge >= 0.3 is 0 Å². The quantitative estimate of drug-likeness (QED) is 0.593. The summed E-state index contributed by atoms with van der Waals surface area (Å²) in [4.78, 5) is 20.6. The average Bonchev–Trinajstić information content (AvgIpc) is 2.62. The zero-order valence-electron chi connectivity index (χ0n) is 13.6. The zero-order valence-corrected chi connectivity index (χ0v) is 14.4. The van der Waals surface area contributed by atoms with Crippen LogP contribution in [-0.4, -0.2) is 53.8 Å². The molecule has 1 aliphatic heterocycles. The first-order chi connectivity index (χ1) is 11.9. The number of rotatable bonds is 4. The monoisotopic (exact) mass is 363 g/mol. The number of anilines is 1. The molecule has 0 amide bonds. The van der Waals surface area contributed by atoms with Crippen molar-refractivity contribution >= 4 is 21.5 Å². The van der Waals surface area contributed by atoms with Crippen LogP contribution in [0.3, 0.4) is 0 Å². The molecule has 0 aliphatic carbocycles. The predicted octanol–water partition coefficient (Wildman–Crippen LogP) is 1.20. The lowest BCUT2D eigenvalue weighted by Gasteiger charge is -2.34. The molecule has 0 atom stereocenters. The van der Waals surface area contributed by atoms with E-state index in [0.717, 1.165) is 5.82 Å². The highest BCUT2D eigenvalue weighted by atomic mass is 32.2. The van der Waals surface area contributed by atoms with Crippen LogP contribution in [0.5, 0.6) is 0 Å². The van der Waals surface area contributed by atoms with Crippen molar-refractivity contribution in [1.82, 2.24) is 14.3 Å². The molecule has 0 bridgehead atoms. The number of non-ortho nitro benzene ring substituents is 1. The molecule has 0 saturated carbocycles. The Morgan fingerprint density at radius 3 is 2.28 bits per heavy atom. The third-order valence-electron chi connectivity index (χ3n) is 4.01. The Labute approximate surface area is 145 Å². The average molecular weight is 363 g/mol. The van der Waals surface area contributed by atoms with Crippen molar-refractivity contribution < 1.29 is 13.3 Å². The van der Waals surface area contributed by atoms with Gasteiger partial charge in [0.1, 0.15) is 11.6 Å². The van der Waals surface area contributed by atoms with Crippen LogP contribution in [0.15, 0.2) is 41.4 Å². The molecule has 9 nitrogen and oxygen atoms in total. The molecule has 1 fully saturated rings. The van der Waals surface area contributed by atoms with Crippen molar-refractivity contribution in [1.29, 1.82) is 0 Å². The largest absolute Gasteiger partial charge is 0.354 e. The fourth-order valence-electron chi connectivity index (χ4n) is 2.67. The van der Waals surface area contributed by atoms with Crippen molar-refractivity contribution in [3.63, 3.8) is 0 Å². The molecule has 0 radical (unpaired) electrons. The van der Waals surface area contributed by atoms with Gasteiger partial charge in [0, 0.05) is 44.5 Å². The van der Waals surface area contributed by atoms with Gasteiger partial charge in [0.15, 0.2) is 0 Å². The Morgan fingerprint density at radius 2 is 1.72 bits per heavy atom. The number of nitrogens with zero attached hydrogens (tertiary/aromatic N) is 5. The molecule has 0 unspecified atom stereocenters. The molecule has 1 saturated heterocycles. The first-order valence-electron chi connectivity index (χ1n) is 7.67. The molecule has 3 rings (SSSR count). The highest BCUT2D eigenvalue weighted by Crippen LogP contribution is 2.22. The molecule has 132 valence electrons. The number of nitro benzene ring substituents is 1. The molecule has 0 N–H and O–H groups in total. The maximum atomic E-state index is 12.7. The summed E-state index contributed by atoms with van der Waals surface area (Å²) in [5.74, 6) is 1.44. The van der Waals surface area contributed by atoms with Gasteiger partial charge in [-0.05, 0) is 25.1 Å². The van der Waals surface area contributed by atoms with Crippen LogP contribution in [0.2, 0.25) is 0 Å². The van der Waals surface area contributed by atoms with Crippen molar-refractivity contribution in [3.8, 4) is 0 Å². The maximum absolute atomic E-state index is 12.7. The molecule has 1 aromatic carbocycles. The van der Waals surface area contributed by atoms with Gasteiger partial charge in [-0.3, -0.25) is 10.1 Å². The smallest absolute Gasteiger partial charge is 0.269 e. The van der Waals surface area contributed by atoms with Crippen molar-refractivity contribution in [2.45, 2.75) is 11.8 Å². The molecule has 10 heteroatoms. The van der Waals surface area contributed by atoms with E-state index in [-0.39, 0.29) is 10.6 Å². The lowest BCUT2D eigenvalue weighted by molar-refractivity contribution is -0.384. The molecule has 2 aromatic rings. The Morgan fingerprint density at radius 1 is 1.08 bits per heavy atom.